The number of isocyanates is 2. The molecule has 0 heterocycles. The number of carbonyl (C=O) groups excluding carboxylic acids is 4. The number of nitrogens with one attached hydrogen (secondary N) is 2. The fourth-order valence-electron chi connectivity index (χ4n) is 8.27. The third-order valence-electron chi connectivity index (χ3n) is 12.7. The van der Waals surface area contributed by atoms with E-state index >= 15 is 0 Å². The lowest BCUT2D eigenvalue weighted by Crippen LogP contribution is -2.57. The maximum absolute atomic E-state index is 14.4. The van der Waals surface area contributed by atoms with Gasteiger partial charge < -0.3 is 19.7 Å². The van der Waals surface area contributed by atoms with Crippen molar-refractivity contribution >= 4 is 37.2 Å². The molecule has 278 valence electrons. The Bertz CT molecular complexity index is 1470. The third-order valence-corrected chi connectivity index (χ3v) is 14.4. The van der Waals surface area contributed by atoms with Crippen molar-refractivity contribution in [2.75, 3.05) is 0 Å². The second kappa shape index (κ2) is 16.4. The summed E-state index contributed by atoms with van der Waals surface area (Å²) in [6.07, 6.45) is 12.0. The van der Waals surface area contributed by atoms with E-state index in [4.69, 9.17) is 9.05 Å². The van der Waals surface area contributed by atoms with Crippen LogP contribution in [0.3, 0.4) is 0 Å². The van der Waals surface area contributed by atoms with E-state index in [-0.39, 0.29) is 16.1 Å². The van der Waals surface area contributed by atoms with Crippen molar-refractivity contribution in [1.82, 2.24) is 10.6 Å². The van der Waals surface area contributed by atoms with Gasteiger partial charge in [-0.25, -0.2) is 23.7 Å². The zero-order chi connectivity index (χ0) is 37.3. The van der Waals surface area contributed by atoms with E-state index in [1.165, 1.54) is 12.1 Å². The molecular formula is C38H59N4O7P. The highest BCUT2D eigenvalue weighted by Crippen LogP contribution is 2.51. The summed E-state index contributed by atoms with van der Waals surface area (Å²) >= 11 is 0. The molecule has 12 heteroatoms. The number of carbonyl (C=O) groups is 2. The van der Waals surface area contributed by atoms with Gasteiger partial charge in [-0.1, -0.05) is 71.6 Å². The van der Waals surface area contributed by atoms with Crippen LogP contribution in [0.1, 0.15) is 145 Å². The molecule has 2 saturated carbocycles. The van der Waals surface area contributed by atoms with E-state index in [0.29, 0.717) is 19.3 Å². The smallest absolute Gasteiger partial charge is 0.363 e. The summed E-state index contributed by atoms with van der Waals surface area (Å²) in [5, 5.41) is 6.06. The van der Waals surface area contributed by atoms with Gasteiger partial charge in [-0.05, 0) is 115 Å². The second-order valence-corrected chi connectivity index (χ2v) is 18.0. The molecule has 11 nitrogen and oxygen atoms in total. The Labute approximate surface area is 298 Å². The van der Waals surface area contributed by atoms with Gasteiger partial charge in [0.1, 0.15) is 0 Å². The molecule has 50 heavy (non-hydrogen) atoms. The van der Waals surface area contributed by atoms with Crippen molar-refractivity contribution < 1.29 is 32.8 Å². The van der Waals surface area contributed by atoms with Crippen molar-refractivity contribution in [3.8, 4) is 0 Å². The highest BCUT2D eigenvalue weighted by molar-refractivity contribution is 7.63. The Morgan fingerprint density at radius 2 is 1.30 bits per heavy atom. The minimum atomic E-state index is -4.48. The van der Waals surface area contributed by atoms with Crippen LogP contribution in [0.2, 0.25) is 0 Å². The fraction of sp³-hybridized carbons (Fsp3) is 0.737. The number of amides is 2. The Hall–Kier alpha value is -3.25. The molecule has 2 aliphatic carbocycles. The van der Waals surface area contributed by atoms with Gasteiger partial charge in [0.05, 0.1) is 16.4 Å². The third kappa shape index (κ3) is 9.54. The van der Waals surface area contributed by atoms with Crippen LogP contribution in [-0.2, 0) is 23.2 Å². The van der Waals surface area contributed by atoms with E-state index < -0.39 is 41.9 Å². The normalized spacial score (nSPS) is 31.0. The summed E-state index contributed by atoms with van der Waals surface area (Å²) in [4.78, 5) is 57.7. The summed E-state index contributed by atoms with van der Waals surface area (Å²) in [5.74, 6) is 0. The Morgan fingerprint density at radius 1 is 0.780 bits per heavy atom. The molecule has 3 atom stereocenters. The van der Waals surface area contributed by atoms with Crippen LogP contribution in [-0.4, -0.2) is 46.5 Å². The molecule has 3 unspecified atom stereocenters. The van der Waals surface area contributed by atoms with E-state index in [1.54, 1.807) is 30.4 Å². The molecule has 1 aromatic carbocycles. The maximum atomic E-state index is 14.4. The summed E-state index contributed by atoms with van der Waals surface area (Å²) < 4.78 is 25.7. The summed E-state index contributed by atoms with van der Waals surface area (Å²) in [5.41, 5.74) is -2.88. The standard InChI is InChI=1S/C38H59N4O7P/c1-9-37(7,40-29-44)33(3)20-16-26-36(6,27-17-21-33)41-31(45)48-50(47,30-18-12-11-13-19-30)49-32(46)42-38(8,10-2)34(4)22-14-24-35(5,39-28-43)25-15-23-34/h11-13,18-19H,9-10,14-17,20-27H2,1-8H3,(H,41,45)(H,42,46). The SMILES string of the molecule is CCC(C)(N=C=O)C1(C)CCCC(C)(NC(=O)OP(=O)(OC(=O)NC(C)(CC)C2(C)CCCC(C)(N=C=O)CCC2)c2ccccc2)CCC1. The highest BCUT2D eigenvalue weighted by atomic mass is 31.2. The first-order valence-corrected chi connectivity index (χ1v) is 19.8. The van der Waals surface area contributed by atoms with Gasteiger partial charge in [0.15, 0.2) is 0 Å². The zero-order valence-electron chi connectivity index (χ0n) is 31.5. The number of aliphatic imine (C=N–C) groups is 2. The Morgan fingerprint density at radius 3 is 1.80 bits per heavy atom. The molecule has 0 saturated heterocycles. The lowest BCUT2D eigenvalue weighted by atomic mass is 9.62. The number of rotatable bonds is 11. The minimum Gasteiger partial charge on any atom is -0.363 e. The van der Waals surface area contributed by atoms with E-state index in [1.807, 2.05) is 41.5 Å². The first-order chi connectivity index (χ1) is 23.4. The fourth-order valence-corrected chi connectivity index (χ4v) is 9.58. The first-order valence-electron chi connectivity index (χ1n) is 18.3. The monoisotopic (exact) mass is 714 g/mol. The predicted octanol–water partition coefficient (Wildman–Crippen LogP) is 9.20. The molecule has 0 bridgehead atoms. The number of hydrogen-bond acceptors (Lipinski definition) is 9. The van der Waals surface area contributed by atoms with Crippen LogP contribution >= 0.6 is 7.60 Å². The summed E-state index contributed by atoms with van der Waals surface area (Å²) in [6.45, 7) is 16.2. The molecule has 2 aliphatic rings. The molecule has 0 spiro atoms. The molecular weight excluding hydrogens is 655 g/mol. The van der Waals surface area contributed by atoms with Gasteiger partial charge in [-0.3, -0.25) is 0 Å². The van der Waals surface area contributed by atoms with Crippen molar-refractivity contribution in [2.24, 2.45) is 20.8 Å². The molecule has 0 aliphatic heterocycles. The second-order valence-electron chi connectivity index (χ2n) is 16.2. The number of hydrogen-bond donors (Lipinski definition) is 2. The highest BCUT2D eigenvalue weighted by Gasteiger charge is 2.48. The zero-order valence-corrected chi connectivity index (χ0v) is 32.4. The van der Waals surface area contributed by atoms with Crippen LogP contribution in [0, 0.1) is 10.8 Å². The lowest BCUT2D eigenvalue weighted by molar-refractivity contribution is 0.0678. The quantitative estimate of drug-likeness (QED) is 0.132. The minimum absolute atomic E-state index is 0.0869. The van der Waals surface area contributed by atoms with Gasteiger partial charge in [0.2, 0.25) is 12.2 Å². The van der Waals surface area contributed by atoms with Crippen LogP contribution in [0.25, 0.3) is 0 Å². The lowest BCUT2D eigenvalue weighted by Gasteiger charge is -2.48. The van der Waals surface area contributed by atoms with Crippen molar-refractivity contribution in [3.63, 3.8) is 0 Å². The average molecular weight is 715 g/mol. The predicted molar refractivity (Wildman–Crippen MR) is 195 cm³/mol. The average Bonchev–Trinajstić information content (AvgIpc) is 3.03. The van der Waals surface area contributed by atoms with E-state index in [2.05, 4.69) is 34.5 Å². The van der Waals surface area contributed by atoms with E-state index in [0.717, 1.165) is 70.6 Å². The molecule has 1 aromatic rings. The van der Waals surface area contributed by atoms with Crippen LogP contribution in [0.5, 0.6) is 0 Å². The summed E-state index contributed by atoms with van der Waals surface area (Å²) in [7, 11) is -4.48. The summed E-state index contributed by atoms with van der Waals surface area (Å²) in [6, 6.07) is 8.05. The number of benzene rings is 1. The molecule has 2 amide bonds. The first kappa shape index (κ1) is 41.2. The van der Waals surface area contributed by atoms with Crippen LogP contribution < -0.4 is 15.9 Å². The molecule has 0 aromatic heterocycles. The largest absolute Gasteiger partial charge is 0.469 e. The van der Waals surface area contributed by atoms with Gasteiger partial charge in [0.25, 0.3) is 0 Å². The molecule has 2 N–H and O–H groups in total. The van der Waals surface area contributed by atoms with Crippen molar-refractivity contribution in [1.29, 1.82) is 0 Å². The Kier molecular flexibility index (Phi) is 13.5. The number of nitrogens with zero attached hydrogens (tertiary/aromatic N) is 2. The van der Waals surface area contributed by atoms with E-state index in [9.17, 15) is 23.7 Å². The van der Waals surface area contributed by atoms with Crippen molar-refractivity contribution in [3.05, 3.63) is 30.3 Å². The van der Waals surface area contributed by atoms with Gasteiger partial charge in [-0.2, -0.15) is 9.98 Å². The molecule has 2 fully saturated rings. The van der Waals surface area contributed by atoms with Gasteiger partial charge in [-0.15, -0.1) is 0 Å². The topological polar surface area (TPSA) is 153 Å². The van der Waals surface area contributed by atoms with Gasteiger partial charge >= 0.3 is 19.8 Å². The Balaban J connectivity index is 1.75. The molecule has 3 rings (SSSR count). The van der Waals surface area contributed by atoms with Gasteiger partial charge in [0, 0.05) is 11.1 Å². The van der Waals surface area contributed by atoms with Crippen LogP contribution in [0.15, 0.2) is 40.3 Å². The van der Waals surface area contributed by atoms with Crippen LogP contribution in [0.4, 0.5) is 9.59 Å². The maximum Gasteiger partial charge on any atom is 0.469 e. The molecule has 0 radical (unpaired) electrons. The van der Waals surface area contributed by atoms with Crippen molar-refractivity contribution in [2.45, 2.75) is 167 Å².